The van der Waals surface area contributed by atoms with E-state index in [0.29, 0.717) is 21.4 Å². The maximum Gasteiger partial charge on any atom is 0.264 e. The van der Waals surface area contributed by atoms with Crippen LogP contribution in [0.5, 0.6) is 11.5 Å². The molecule has 1 aliphatic rings. The smallest absolute Gasteiger partial charge is 0.264 e. The zero-order valence-electron chi connectivity index (χ0n) is 28.3. The van der Waals surface area contributed by atoms with Crippen molar-refractivity contribution in [3.63, 3.8) is 0 Å². The van der Waals surface area contributed by atoms with E-state index in [9.17, 15) is 18.0 Å². The first-order chi connectivity index (χ1) is 24.0. The quantitative estimate of drug-likeness (QED) is 0.147. The summed E-state index contributed by atoms with van der Waals surface area (Å²) in [6.45, 7) is 1.02. The van der Waals surface area contributed by atoms with Crippen molar-refractivity contribution in [2.75, 3.05) is 25.1 Å². The number of ether oxygens (including phenoxy) is 2. The minimum absolute atomic E-state index is 0.0266. The van der Waals surface area contributed by atoms with Gasteiger partial charge >= 0.3 is 0 Å². The van der Waals surface area contributed by atoms with Crippen molar-refractivity contribution in [3.05, 3.63) is 118 Å². The summed E-state index contributed by atoms with van der Waals surface area (Å²) in [6.07, 6.45) is 3.85. The third-order valence-electron chi connectivity index (χ3n) is 8.91. The third kappa shape index (κ3) is 8.72. The fourth-order valence-corrected chi connectivity index (χ4v) is 8.05. The summed E-state index contributed by atoms with van der Waals surface area (Å²) in [6, 6.07) is 24.4. The van der Waals surface area contributed by atoms with Crippen LogP contribution in [0, 0.1) is 6.92 Å². The lowest BCUT2D eigenvalue weighted by atomic mass is 10.0. The number of anilines is 1. The average molecular weight is 739 g/mol. The molecular weight excluding hydrogens is 697 g/mol. The van der Waals surface area contributed by atoms with Crippen molar-refractivity contribution in [2.45, 2.75) is 62.6 Å². The number of amides is 2. The molecule has 4 aromatic carbocycles. The van der Waals surface area contributed by atoms with Gasteiger partial charge < -0.3 is 19.7 Å². The van der Waals surface area contributed by atoms with E-state index in [2.05, 4.69) is 5.32 Å². The van der Waals surface area contributed by atoms with Gasteiger partial charge in [-0.25, -0.2) is 8.42 Å². The first-order valence-corrected chi connectivity index (χ1v) is 18.6. The van der Waals surface area contributed by atoms with E-state index in [-0.39, 0.29) is 41.2 Å². The fraction of sp³-hybridized carbons (Fsp3) is 0.316. The fourth-order valence-electron chi connectivity index (χ4n) is 6.12. The zero-order valence-corrected chi connectivity index (χ0v) is 30.6. The van der Waals surface area contributed by atoms with Crippen molar-refractivity contribution < 1.29 is 27.5 Å². The number of aryl methyl sites for hydroxylation is 1. The van der Waals surface area contributed by atoms with Crippen LogP contribution in [0.15, 0.2) is 95.9 Å². The molecule has 12 heteroatoms. The lowest BCUT2D eigenvalue weighted by Gasteiger charge is -2.35. The normalized spacial score (nSPS) is 13.8. The number of halogens is 2. The number of hydrogen-bond donors (Lipinski definition) is 1. The van der Waals surface area contributed by atoms with E-state index in [1.807, 2.05) is 37.3 Å². The highest BCUT2D eigenvalue weighted by Crippen LogP contribution is 2.36. The van der Waals surface area contributed by atoms with E-state index in [0.717, 1.165) is 41.1 Å². The third-order valence-corrected chi connectivity index (χ3v) is 11.4. The van der Waals surface area contributed by atoms with Gasteiger partial charge in [0.05, 0.1) is 24.8 Å². The molecular formula is C38H41Cl2N3O6S. The van der Waals surface area contributed by atoms with Crippen molar-refractivity contribution in [3.8, 4) is 11.5 Å². The molecule has 0 aromatic heterocycles. The van der Waals surface area contributed by atoms with Crippen LogP contribution in [0.2, 0.25) is 10.0 Å². The van der Waals surface area contributed by atoms with Gasteiger partial charge in [0, 0.05) is 40.7 Å². The van der Waals surface area contributed by atoms with Gasteiger partial charge in [0.25, 0.3) is 10.0 Å². The molecule has 0 heterocycles. The molecule has 0 radical (unpaired) electrons. The minimum Gasteiger partial charge on any atom is -0.497 e. The van der Waals surface area contributed by atoms with Crippen LogP contribution in [-0.2, 0) is 32.6 Å². The molecule has 50 heavy (non-hydrogen) atoms. The van der Waals surface area contributed by atoms with Crippen molar-refractivity contribution in [1.82, 2.24) is 10.2 Å². The van der Waals surface area contributed by atoms with E-state index in [1.54, 1.807) is 42.5 Å². The predicted octanol–water partition coefficient (Wildman–Crippen LogP) is 7.21. The molecule has 1 saturated carbocycles. The first kappa shape index (κ1) is 37.0. The summed E-state index contributed by atoms with van der Waals surface area (Å²) in [7, 11) is -1.50. The number of benzene rings is 4. The Morgan fingerprint density at radius 3 is 2.16 bits per heavy atom. The molecule has 1 N–H and O–H groups in total. The van der Waals surface area contributed by atoms with E-state index < -0.39 is 28.5 Å². The second kappa shape index (κ2) is 16.6. The summed E-state index contributed by atoms with van der Waals surface area (Å²) in [5.74, 6) is -0.432. The second-order valence-electron chi connectivity index (χ2n) is 12.3. The van der Waals surface area contributed by atoms with Crippen molar-refractivity contribution in [2.24, 2.45) is 0 Å². The Kier molecular flexibility index (Phi) is 12.3. The molecule has 0 unspecified atom stereocenters. The maximum atomic E-state index is 14.9. The topological polar surface area (TPSA) is 105 Å². The zero-order chi connectivity index (χ0) is 35.8. The number of nitrogens with one attached hydrogen (secondary N) is 1. The Balaban J connectivity index is 1.64. The molecule has 264 valence electrons. The number of carbonyl (C=O) groups is 2. The number of nitrogens with zero attached hydrogens (tertiary/aromatic N) is 2. The molecule has 1 atom stereocenters. The number of hydrogen-bond acceptors (Lipinski definition) is 6. The Morgan fingerprint density at radius 1 is 0.880 bits per heavy atom. The highest BCUT2D eigenvalue weighted by Gasteiger charge is 2.37. The highest BCUT2D eigenvalue weighted by atomic mass is 35.5. The van der Waals surface area contributed by atoms with Gasteiger partial charge in [-0.1, -0.05) is 90.1 Å². The molecule has 9 nitrogen and oxygen atoms in total. The highest BCUT2D eigenvalue weighted by molar-refractivity contribution is 7.92. The van der Waals surface area contributed by atoms with Crippen LogP contribution >= 0.6 is 23.2 Å². The van der Waals surface area contributed by atoms with Crippen LogP contribution in [0.4, 0.5) is 5.69 Å². The predicted molar refractivity (Wildman–Crippen MR) is 197 cm³/mol. The number of methoxy groups -OCH3 is 2. The lowest BCUT2D eigenvalue weighted by Crippen LogP contribution is -2.54. The van der Waals surface area contributed by atoms with Gasteiger partial charge in [-0.05, 0) is 61.7 Å². The van der Waals surface area contributed by atoms with Crippen LogP contribution in [-0.4, -0.2) is 58.0 Å². The molecule has 4 aromatic rings. The van der Waals surface area contributed by atoms with Gasteiger partial charge in [-0.2, -0.15) is 0 Å². The summed E-state index contributed by atoms with van der Waals surface area (Å²) in [4.78, 5) is 30.5. The Hall–Kier alpha value is -4.25. The summed E-state index contributed by atoms with van der Waals surface area (Å²) < 4.78 is 41.0. The average Bonchev–Trinajstić information content (AvgIpc) is 3.63. The Morgan fingerprint density at radius 2 is 1.54 bits per heavy atom. The van der Waals surface area contributed by atoms with Crippen LogP contribution in [0.1, 0.15) is 42.4 Å². The van der Waals surface area contributed by atoms with E-state index in [1.165, 1.54) is 37.3 Å². The van der Waals surface area contributed by atoms with Gasteiger partial charge in [-0.3, -0.25) is 13.9 Å². The number of sulfonamides is 1. The van der Waals surface area contributed by atoms with Crippen LogP contribution in [0.3, 0.4) is 0 Å². The van der Waals surface area contributed by atoms with Gasteiger partial charge in [-0.15, -0.1) is 0 Å². The molecule has 1 aliphatic carbocycles. The van der Waals surface area contributed by atoms with E-state index in [4.69, 9.17) is 32.7 Å². The van der Waals surface area contributed by atoms with Gasteiger partial charge in [0.15, 0.2) is 0 Å². The first-order valence-electron chi connectivity index (χ1n) is 16.4. The molecule has 0 bridgehead atoms. The second-order valence-corrected chi connectivity index (χ2v) is 15.0. The Labute approximate surface area is 304 Å². The van der Waals surface area contributed by atoms with Gasteiger partial charge in [0.1, 0.15) is 24.1 Å². The molecule has 0 saturated heterocycles. The standard InChI is InChI=1S/C38H41Cl2N3O6S/c1-26-16-19-30(20-17-26)50(46,47)43(34-23-29(48-2)18-21-36(34)49-3)25-37(44)42(24-31-32(39)14-9-15-33(31)40)35(22-27-10-5-4-6-11-27)38(45)41-28-12-7-8-13-28/h4-6,9-11,14-21,23,28,35H,7-8,12-13,22,24-25H2,1-3H3,(H,41,45)/t35-/m0/s1. The minimum atomic E-state index is -4.37. The van der Waals surface area contributed by atoms with Crippen LogP contribution < -0.4 is 19.1 Å². The van der Waals surface area contributed by atoms with Gasteiger partial charge in [0.2, 0.25) is 11.8 Å². The lowest BCUT2D eigenvalue weighted by molar-refractivity contribution is -0.140. The molecule has 0 aliphatic heterocycles. The molecule has 0 spiro atoms. The number of rotatable bonds is 14. The summed E-state index contributed by atoms with van der Waals surface area (Å²) in [5.41, 5.74) is 2.21. The number of carbonyl (C=O) groups excluding carboxylic acids is 2. The SMILES string of the molecule is COc1ccc(OC)c(N(CC(=O)N(Cc2c(Cl)cccc2Cl)[C@@H](Cc2ccccc2)C(=O)NC2CCCC2)S(=O)(=O)c2ccc(C)cc2)c1. The molecule has 2 amide bonds. The molecule has 5 rings (SSSR count). The van der Waals surface area contributed by atoms with Crippen molar-refractivity contribution in [1.29, 1.82) is 0 Å². The summed E-state index contributed by atoms with van der Waals surface area (Å²) >= 11 is 13.3. The maximum absolute atomic E-state index is 14.9. The Bertz CT molecular complexity index is 1880. The van der Waals surface area contributed by atoms with Crippen LogP contribution in [0.25, 0.3) is 0 Å². The largest absolute Gasteiger partial charge is 0.497 e. The monoisotopic (exact) mass is 737 g/mol. The van der Waals surface area contributed by atoms with Crippen molar-refractivity contribution >= 4 is 50.7 Å². The van der Waals surface area contributed by atoms with E-state index >= 15 is 0 Å². The summed E-state index contributed by atoms with van der Waals surface area (Å²) in [5, 5.41) is 3.78. The molecule has 1 fully saturated rings.